The lowest BCUT2D eigenvalue weighted by molar-refractivity contribution is 1.32. The Morgan fingerprint density at radius 3 is 0.833 bits per heavy atom. The van der Waals surface area contributed by atoms with E-state index in [4.69, 9.17) is 0 Å². The molecular formula is C54H42. The predicted molar refractivity (Wildman–Crippen MR) is 238 cm³/mol. The maximum absolute atomic E-state index is 2.52. The molecule has 0 aliphatic heterocycles. The third-order valence-electron chi connectivity index (χ3n) is 12.7. The molecule has 0 heterocycles. The van der Waals surface area contributed by atoms with E-state index in [1.54, 1.807) is 0 Å². The molecule has 0 spiro atoms. The van der Waals surface area contributed by atoms with Gasteiger partial charge in [-0.25, -0.2) is 0 Å². The fourth-order valence-corrected chi connectivity index (χ4v) is 10.9. The zero-order chi connectivity index (χ0) is 36.9. The Labute approximate surface area is 316 Å². The molecule has 0 atom stereocenters. The minimum atomic E-state index is 1.30. The molecule has 0 N–H and O–H groups in total. The monoisotopic (exact) mass is 690 g/mol. The van der Waals surface area contributed by atoms with Gasteiger partial charge in [-0.1, -0.05) is 96.1 Å². The second-order valence-corrected chi connectivity index (χ2v) is 16.6. The van der Waals surface area contributed by atoms with Gasteiger partial charge in [0, 0.05) is 0 Å². The number of hydrogen-bond donors (Lipinski definition) is 0. The lowest BCUT2D eigenvalue weighted by Gasteiger charge is -2.13. The van der Waals surface area contributed by atoms with Crippen LogP contribution in [0, 0.1) is 55.4 Å². The van der Waals surface area contributed by atoms with Crippen molar-refractivity contribution >= 4 is 86.2 Å². The summed E-state index contributed by atoms with van der Waals surface area (Å²) >= 11 is 0. The van der Waals surface area contributed by atoms with Gasteiger partial charge >= 0.3 is 0 Å². The zero-order valence-corrected chi connectivity index (χ0v) is 32.4. The van der Waals surface area contributed by atoms with Gasteiger partial charge in [0.05, 0.1) is 0 Å². The van der Waals surface area contributed by atoms with E-state index >= 15 is 0 Å². The highest BCUT2D eigenvalue weighted by Crippen LogP contribution is 2.49. The smallest absolute Gasteiger partial charge is 0.00197 e. The quantitative estimate of drug-likeness (QED) is 0.158. The SMILES string of the molecule is Cc1cc(C)c(-c2ccc3c(c2)c2cc(C)cc4c5ccc6c(cc7c8ccc(-c9c(C)cc(C)cc9C)cc8c8cc(C)cc6c87)c5cc3c42)c(C)c1. The van der Waals surface area contributed by atoms with Gasteiger partial charge in [0.25, 0.3) is 0 Å². The molecule has 0 saturated heterocycles. The van der Waals surface area contributed by atoms with Crippen molar-refractivity contribution in [1.82, 2.24) is 0 Å². The van der Waals surface area contributed by atoms with Crippen LogP contribution < -0.4 is 0 Å². The van der Waals surface area contributed by atoms with Crippen molar-refractivity contribution < 1.29 is 0 Å². The third-order valence-corrected chi connectivity index (χ3v) is 12.7. The van der Waals surface area contributed by atoms with Gasteiger partial charge in [0.2, 0.25) is 0 Å². The van der Waals surface area contributed by atoms with Crippen molar-refractivity contribution in [2.45, 2.75) is 55.4 Å². The molecule has 0 radical (unpaired) electrons. The standard InChI is InChI=1S/C54H42/c1-27-15-31(5)51(32(6)16-27)35-9-11-37-41(23-35)47-21-29(3)19-45-39-13-14-40-44(43(39)25-49(37)53(45)47)26-50-38-12-10-36(52-33(7)17-28(2)18-34(52)8)24-42(38)48-22-30(4)20-46(40)54(48)50/h9-26H,1-8H3. The van der Waals surface area contributed by atoms with Crippen molar-refractivity contribution in [1.29, 1.82) is 0 Å². The van der Waals surface area contributed by atoms with Gasteiger partial charge in [-0.15, -0.1) is 0 Å². The molecule has 0 nitrogen and oxygen atoms in total. The van der Waals surface area contributed by atoms with Crippen LogP contribution >= 0.6 is 0 Å². The highest BCUT2D eigenvalue weighted by molar-refractivity contribution is 6.40. The highest BCUT2D eigenvalue weighted by atomic mass is 14.2. The van der Waals surface area contributed by atoms with Crippen LogP contribution in [0.3, 0.4) is 0 Å². The number of benzene rings is 9. The van der Waals surface area contributed by atoms with Crippen molar-refractivity contribution in [3.8, 4) is 22.3 Å². The van der Waals surface area contributed by atoms with E-state index in [0.717, 1.165) is 0 Å². The summed E-state index contributed by atoms with van der Waals surface area (Å²) in [6, 6.07) is 43.2. The van der Waals surface area contributed by atoms with Crippen LogP contribution in [0.1, 0.15) is 44.5 Å². The zero-order valence-electron chi connectivity index (χ0n) is 32.4. The summed E-state index contributed by atoms with van der Waals surface area (Å²) in [6.45, 7) is 17.9. The van der Waals surface area contributed by atoms with Gasteiger partial charge in [-0.3, -0.25) is 0 Å². The third kappa shape index (κ3) is 4.20. The van der Waals surface area contributed by atoms with E-state index < -0.39 is 0 Å². The Morgan fingerprint density at radius 2 is 0.481 bits per heavy atom. The molecule has 0 fully saturated rings. The predicted octanol–water partition coefficient (Wildman–Crippen LogP) is 15.6. The van der Waals surface area contributed by atoms with Crippen LogP contribution in [0.15, 0.2) is 109 Å². The summed E-state index contributed by atoms with van der Waals surface area (Å²) in [5, 5.41) is 21.7. The molecule has 11 aromatic rings. The molecule has 258 valence electrons. The van der Waals surface area contributed by atoms with Gasteiger partial charge < -0.3 is 0 Å². The summed E-state index contributed by atoms with van der Waals surface area (Å²) in [5.74, 6) is 0. The van der Waals surface area contributed by atoms with Gasteiger partial charge in [-0.2, -0.15) is 0 Å². The average Bonchev–Trinajstić information content (AvgIpc) is 3.59. The van der Waals surface area contributed by atoms with Gasteiger partial charge in [0.1, 0.15) is 0 Å². The van der Waals surface area contributed by atoms with Gasteiger partial charge in [-0.05, 0) is 221 Å². The van der Waals surface area contributed by atoms with Crippen LogP contribution in [0.5, 0.6) is 0 Å². The Hall–Kier alpha value is -5.98. The lowest BCUT2D eigenvalue weighted by Crippen LogP contribution is -1.90. The molecule has 0 amide bonds. The Kier molecular flexibility index (Phi) is 6.31. The van der Waals surface area contributed by atoms with Crippen molar-refractivity contribution in [2.24, 2.45) is 0 Å². The van der Waals surface area contributed by atoms with E-state index in [1.807, 2.05) is 0 Å². The van der Waals surface area contributed by atoms with E-state index in [9.17, 15) is 0 Å². The second kappa shape index (κ2) is 10.8. The normalized spacial score (nSPS) is 12.4. The van der Waals surface area contributed by atoms with E-state index in [0.29, 0.717) is 0 Å². The Bertz CT molecular complexity index is 3170. The molecule has 54 heavy (non-hydrogen) atoms. The number of rotatable bonds is 2. The van der Waals surface area contributed by atoms with E-state index in [-0.39, 0.29) is 0 Å². The fourth-order valence-electron chi connectivity index (χ4n) is 10.9. The molecule has 0 bridgehead atoms. The summed E-state index contributed by atoms with van der Waals surface area (Å²) in [5.41, 5.74) is 15.9. The number of aryl methyl sites for hydroxylation is 8. The molecule has 0 unspecified atom stereocenters. The first-order valence-electron chi connectivity index (χ1n) is 19.4. The molecule has 0 aromatic heterocycles. The first-order chi connectivity index (χ1) is 26.0. The Balaban J connectivity index is 1.23. The lowest BCUT2D eigenvalue weighted by atomic mass is 9.90. The van der Waals surface area contributed by atoms with Crippen molar-refractivity contribution in [3.63, 3.8) is 0 Å². The Morgan fingerprint density at radius 1 is 0.222 bits per heavy atom. The first-order valence-corrected chi connectivity index (χ1v) is 19.4. The van der Waals surface area contributed by atoms with Crippen LogP contribution in [-0.2, 0) is 0 Å². The molecular weight excluding hydrogens is 649 g/mol. The summed E-state index contributed by atoms with van der Waals surface area (Å²) in [6.07, 6.45) is 0. The minimum Gasteiger partial charge on any atom is -0.0557 e. The highest BCUT2D eigenvalue weighted by Gasteiger charge is 2.21. The van der Waals surface area contributed by atoms with Crippen LogP contribution in [0.2, 0.25) is 0 Å². The number of fused-ring (bicyclic) bond motifs is 11. The van der Waals surface area contributed by atoms with Crippen molar-refractivity contribution in [2.75, 3.05) is 0 Å². The van der Waals surface area contributed by atoms with Crippen LogP contribution in [-0.4, -0.2) is 0 Å². The van der Waals surface area contributed by atoms with Crippen LogP contribution in [0.4, 0.5) is 0 Å². The minimum absolute atomic E-state index is 1.30. The van der Waals surface area contributed by atoms with Crippen LogP contribution in [0.25, 0.3) is 108 Å². The summed E-state index contributed by atoms with van der Waals surface area (Å²) < 4.78 is 0. The van der Waals surface area contributed by atoms with E-state index in [1.165, 1.54) is 153 Å². The second-order valence-electron chi connectivity index (χ2n) is 16.6. The topological polar surface area (TPSA) is 0 Å². The molecule has 0 heteroatoms. The molecule has 11 rings (SSSR count). The van der Waals surface area contributed by atoms with Gasteiger partial charge in [0.15, 0.2) is 0 Å². The molecule has 0 aliphatic rings. The van der Waals surface area contributed by atoms with E-state index in [2.05, 4.69) is 165 Å². The summed E-state index contributed by atoms with van der Waals surface area (Å²) in [4.78, 5) is 0. The largest absolute Gasteiger partial charge is 0.0557 e. The summed E-state index contributed by atoms with van der Waals surface area (Å²) in [7, 11) is 0. The first kappa shape index (κ1) is 31.5. The molecule has 0 aliphatic carbocycles. The molecule has 0 saturated carbocycles. The maximum atomic E-state index is 2.52. The maximum Gasteiger partial charge on any atom is -0.00197 e. The molecule has 11 aromatic carbocycles. The number of hydrogen-bond acceptors (Lipinski definition) is 0. The van der Waals surface area contributed by atoms with Crippen molar-refractivity contribution in [3.05, 3.63) is 154 Å². The fraction of sp³-hybridized carbons (Fsp3) is 0.148. The average molecular weight is 691 g/mol.